The van der Waals surface area contributed by atoms with E-state index in [1.807, 2.05) is 13.8 Å². The van der Waals surface area contributed by atoms with Crippen LogP contribution in [0.2, 0.25) is 0 Å². The number of esters is 2. The molecule has 70 heavy (non-hydrogen) atoms. The van der Waals surface area contributed by atoms with Crippen LogP contribution in [0.15, 0.2) is 0 Å². The molecule has 0 saturated carbocycles. The molecule has 2 aromatic heterocycles. The Morgan fingerprint density at radius 3 is 0.814 bits per heavy atom. The average Bonchev–Trinajstić information content (AvgIpc) is 3.36. The number of rotatable bonds is 40. The SMILES string of the molecule is CCCCCCCCc1nc2c(C)c(OC(=O)CCCCCC)c3c4nc(CCCCCCCC)c(CCCCCCCC)nc4c(C)c(OC(=O)CCCCCC)c3c2nc1CCCCCCCC. The van der Waals surface area contributed by atoms with Crippen molar-refractivity contribution in [3.8, 4) is 11.5 Å². The monoisotopic (exact) mass is 965 g/mol. The first-order chi connectivity index (χ1) is 34.2. The van der Waals surface area contributed by atoms with Crippen LogP contribution in [0.25, 0.3) is 32.8 Å². The molecule has 8 nitrogen and oxygen atoms in total. The standard InChI is InChI=1S/C62H100N4O4/c1-9-15-21-27-31-35-41-49-51(43-37-33-29-23-17-11-3)65-59-55-56(61(47(7)57(59)63-49)69-53(67)45-39-25-19-13-5)60-58(48(8)62(55)70-54(68)46-40-26-20-14-6)64-50(42-36-32-28-22-16-10-2)52(66-60)44-38-34-30-24-18-12-4/h9-46H2,1-8H3. The summed E-state index contributed by atoms with van der Waals surface area (Å²) in [6.45, 7) is 17.5. The van der Waals surface area contributed by atoms with Gasteiger partial charge in [0.25, 0.3) is 0 Å². The van der Waals surface area contributed by atoms with Crippen LogP contribution in [0.5, 0.6) is 11.5 Å². The van der Waals surface area contributed by atoms with E-state index in [0.29, 0.717) is 57.2 Å². The Balaban J connectivity index is 2.07. The molecule has 0 unspecified atom stereocenters. The summed E-state index contributed by atoms with van der Waals surface area (Å²) in [7, 11) is 0. The topological polar surface area (TPSA) is 104 Å². The smallest absolute Gasteiger partial charge is 0.311 e. The quantitative estimate of drug-likeness (QED) is 0.0188. The molecule has 2 aromatic carbocycles. The van der Waals surface area contributed by atoms with Gasteiger partial charge in [-0.05, 0) is 78.1 Å². The highest BCUT2D eigenvalue weighted by Crippen LogP contribution is 2.47. The lowest BCUT2D eigenvalue weighted by Gasteiger charge is -2.22. The van der Waals surface area contributed by atoms with Gasteiger partial charge in [0, 0.05) is 24.0 Å². The van der Waals surface area contributed by atoms with Crippen LogP contribution < -0.4 is 9.47 Å². The Labute approximate surface area is 426 Å². The van der Waals surface area contributed by atoms with Crippen molar-refractivity contribution in [2.24, 2.45) is 0 Å². The zero-order valence-electron chi connectivity index (χ0n) is 46.3. The zero-order chi connectivity index (χ0) is 50.4. The minimum absolute atomic E-state index is 0.261. The van der Waals surface area contributed by atoms with Gasteiger partial charge in [0.15, 0.2) is 0 Å². The maximum Gasteiger partial charge on any atom is 0.311 e. The van der Waals surface area contributed by atoms with Crippen molar-refractivity contribution in [1.29, 1.82) is 0 Å². The molecule has 0 N–H and O–H groups in total. The highest BCUT2D eigenvalue weighted by atomic mass is 16.5. The minimum Gasteiger partial charge on any atom is -0.425 e. The summed E-state index contributed by atoms with van der Waals surface area (Å²) in [6.07, 6.45) is 40.7. The second-order valence-corrected chi connectivity index (χ2v) is 20.9. The van der Waals surface area contributed by atoms with Crippen LogP contribution in [-0.2, 0) is 35.3 Å². The average molecular weight is 966 g/mol. The van der Waals surface area contributed by atoms with E-state index in [-0.39, 0.29) is 11.9 Å². The summed E-state index contributed by atoms with van der Waals surface area (Å²) in [4.78, 5) is 50.8. The zero-order valence-corrected chi connectivity index (χ0v) is 46.3. The summed E-state index contributed by atoms with van der Waals surface area (Å²) in [5.41, 5.74) is 8.57. The van der Waals surface area contributed by atoms with Crippen molar-refractivity contribution in [3.63, 3.8) is 0 Å². The van der Waals surface area contributed by atoms with E-state index in [0.717, 1.165) is 162 Å². The summed E-state index contributed by atoms with van der Waals surface area (Å²) in [6, 6.07) is 0. The molecule has 4 rings (SSSR count). The Morgan fingerprint density at radius 1 is 0.314 bits per heavy atom. The van der Waals surface area contributed by atoms with E-state index in [9.17, 15) is 9.59 Å². The van der Waals surface area contributed by atoms with Gasteiger partial charge in [-0.3, -0.25) is 9.59 Å². The van der Waals surface area contributed by atoms with Gasteiger partial charge < -0.3 is 9.47 Å². The van der Waals surface area contributed by atoms with Crippen molar-refractivity contribution < 1.29 is 19.1 Å². The summed E-state index contributed by atoms with van der Waals surface area (Å²) in [5.74, 6) is 0.395. The van der Waals surface area contributed by atoms with Crippen molar-refractivity contribution in [3.05, 3.63) is 33.9 Å². The second-order valence-electron chi connectivity index (χ2n) is 20.9. The maximum absolute atomic E-state index is 14.1. The third-order valence-electron chi connectivity index (χ3n) is 14.6. The van der Waals surface area contributed by atoms with Crippen LogP contribution in [0.1, 0.15) is 294 Å². The van der Waals surface area contributed by atoms with Gasteiger partial charge in [-0.1, -0.05) is 208 Å². The number of aryl methyl sites for hydroxylation is 6. The first-order valence-corrected chi connectivity index (χ1v) is 29.6. The fraction of sp³-hybridized carbons (Fsp3) is 0.742. The molecule has 0 atom stereocenters. The first kappa shape index (κ1) is 58.9. The predicted octanol–water partition coefficient (Wildman–Crippen LogP) is 18.7. The molecule has 0 bridgehead atoms. The molecule has 0 radical (unpaired) electrons. The van der Waals surface area contributed by atoms with Gasteiger partial charge >= 0.3 is 11.9 Å². The fourth-order valence-electron chi connectivity index (χ4n) is 10.2. The number of nitrogens with zero attached hydrogens (tertiary/aromatic N) is 4. The van der Waals surface area contributed by atoms with Crippen LogP contribution in [-0.4, -0.2) is 31.9 Å². The largest absolute Gasteiger partial charge is 0.425 e. The van der Waals surface area contributed by atoms with Crippen molar-refractivity contribution in [1.82, 2.24) is 19.9 Å². The third kappa shape index (κ3) is 19.1. The van der Waals surface area contributed by atoms with E-state index in [2.05, 4.69) is 41.5 Å². The minimum atomic E-state index is -0.261. The van der Waals surface area contributed by atoms with Crippen LogP contribution >= 0.6 is 0 Å². The van der Waals surface area contributed by atoms with Gasteiger partial charge in [0.2, 0.25) is 0 Å². The molecule has 0 saturated heterocycles. The molecule has 4 aromatic rings. The number of hydrogen-bond donors (Lipinski definition) is 0. The van der Waals surface area contributed by atoms with E-state index in [1.54, 1.807) is 0 Å². The molecule has 8 heteroatoms. The number of ether oxygens (including phenoxy) is 2. The Bertz CT molecular complexity index is 2000. The molecule has 0 aliphatic carbocycles. The summed E-state index contributed by atoms with van der Waals surface area (Å²) >= 11 is 0. The van der Waals surface area contributed by atoms with Gasteiger partial charge in [-0.25, -0.2) is 19.9 Å². The van der Waals surface area contributed by atoms with Crippen LogP contribution in [0.4, 0.5) is 0 Å². The van der Waals surface area contributed by atoms with Crippen LogP contribution in [0.3, 0.4) is 0 Å². The first-order valence-electron chi connectivity index (χ1n) is 29.6. The van der Waals surface area contributed by atoms with Crippen molar-refractivity contribution in [2.75, 3.05) is 0 Å². The van der Waals surface area contributed by atoms with Gasteiger partial charge in [0.05, 0.1) is 44.6 Å². The van der Waals surface area contributed by atoms with Gasteiger partial charge in [-0.2, -0.15) is 0 Å². The Morgan fingerprint density at radius 2 is 0.543 bits per heavy atom. The maximum atomic E-state index is 14.1. The number of fused-ring (bicyclic) bond motifs is 5. The van der Waals surface area contributed by atoms with Crippen LogP contribution in [0, 0.1) is 13.8 Å². The highest BCUT2D eigenvalue weighted by Gasteiger charge is 2.29. The number of benzene rings is 2. The van der Waals surface area contributed by atoms with Crippen molar-refractivity contribution in [2.45, 2.75) is 299 Å². The number of carbonyl (C=O) groups is 2. The molecule has 0 aliphatic heterocycles. The van der Waals surface area contributed by atoms with E-state index < -0.39 is 0 Å². The number of hydrogen-bond acceptors (Lipinski definition) is 8. The van der Waals surface area contributed by atoms with Crippen molar-refractivity contribution >= 4 is 44.8 Å². The molecule has 0 fully saturated rings. The predicted molar refractivity (Wildman–Crippen MR) is 297 cm³/mol. The Hall–Kier alpha value is -3.68. The molecule has 0 aliphatic rings. The third-order valence-corrected chi connectivity index (χ3v) is 14.6. The number of aromatic nitrogens is 4. The number of unbranched alkanes of at least 4 members (excludes halogenated alkanes) is 26. The van der Waals surface area contributed by atoms with E-state index >= 15 is 0 Å². The lowest BCUT2D eigenvalue weighted by atomic mass is 9.95. The molecule has 0 amide bonds. The van der Waals surface area contributed by atoms with Gasteiger partial charge in [0.1, 0.15) is 22.5 Å². The molecule has 0 spiro atoms. The van der Waals surface area contributed by atoms with E-state index in [1.165, 1.54) is 103 Å². The van der Waals surface area contributed by atoms with E-state index in [4.69, 9.17) is 29.4 Å². The molecule has 392 valence electrons. The van der Waals surface area contributed by atoms with Gasteiger partial charge in [-0.15, -0.1) is 0 Å². The number of carbonyl (C=O) groups excluding carboxylic acids is 2. The lowest BCUT2D eigenvalue weighted by Crippen LogP contribution is -2.14. The highest BCUT2D eigenvalue weighted by molar-refractivity contribution is 6.22. The molecular weight excluding hydrogens is 865 g/mol. The summed E-state index contributed by atoms with van der Waals surface area (Å²) in [5, 5.41) is 1.35. The summed E-state index contributed by atoms with van der Waals surface area (Å²) < 4.78 is 13.3. The lowest BCUT2D eigenvalue weighted by molar-refractivity contribution is -0.135. The second kappa shape index (κ2) is 34.6. The molecule has 2 heterocycles. The Kier molecular flexibility index (Phi) is 29.1. The fourth-order valence-corrected chi connectivity index (χ4v) is 10.2. The molecular formula is C62H100N4O4. The normalized spacial score (nSPS) is 11.7.